The van der Waals surface area contributed by atoms with Crippen LogP contribution in [0.2, 0.25) is 0 Å². The Morgan fingerprint density at radius 1 is 1.62 bits per heavy atom. The molecule has 8 heavy (non-hydrogen) atoms. The number of halogens is 1. The molecule has 0 aromatic carbocycles. The molecule has 0 rings (SSSR count). The fourth-order valence-corrected chi connectivity index (χ4v) is 1.20. The molecule has 0 aromatic heterocycles. The molecule has 0 aliphatic heterocycles. The van der Waals surface area contributed by atoms with Crippen molar-refractivity contribution in [3.8, 4) is 0 Å². The van der Waals surface area contributed by atoms with Crippen molar-refractivity contribution in [1.82, 2.24) is 5.32 Å². The second kappa shape index (κ2) is 7.43. The summed E-state index contributed by atoms with van der Waals surface area (Å²) in [6, 6.07) is 0. The van der Waals surface area contributed by atoms with Gasteiger partial charge in [0.05, 0.1) is 0 Å². The van der Waals surface area contributed by atoms with Crippen LogP contribution in [0.5, 0.6) is 0 Å². The first-order chi connectivity index (χ1) is 3.91. The number of nitrogens with one attached hydrogen (secondary N) is 1. The van der Waals surface area contributed by atoms with E-state index in [9.17, 15) is 0 Å². The predicted octanol–water partition coefficient (Wildman–Crippen LogP) is -2.17. The molecule has 1 nitrogen and oxygen atoms in total. The van der Waals surface area contributed by atoms with Crippen LogP contribution in [0.1, 0.15) is 6.92 Å². The standard InChI is InChI=1S/C6H13IN/c1-3-4-5-8-6-7-2/h3-4,8H,5-6H2,1-2H3/q-1/b4-3-. The molecular weight excluding hydrogens is 213 g/mol. The molecule has 1 N–H and O–H groups in total. The number of rotatable bonds is 4. The first-order valence-corrected chi connectivity index (χ1v) is 6.35. The van der Waals surface area contributed by atoms with Gasteiger partial charge in [0.1, 0.15) is 0 Å². The van der Waals surface area contributed by atoms with Gasteiger partial charge in [-0.15, -0.1) is 0 Å². The third-order valence-corrected chi connectivity index (χ3v) is 2.03. The summed E-state index contributed by atoms with van der Waals surface area (Å²) in [5.74, 6) is 0. The molecule has 0 bridgehead atoms. The SMILES string of the molecule is C/C=C\CNC[I-]C. The van der Waals surface area contributed by atoms with Crippen molar-refractivity contribution in [2.75, 3.05) is 16.0 Å². The normalized spacial score (nSPS) is 11.2. The molecular formula is C6H13IN-. The second-order valence-corrected chi connectivity index (χ2v) is 3.71. The van der Waals surface area contributed by atoms with E-state index >= 15 is 0 Å². The summed E-state index contributed by atoms with van der Waals surface area (Å²) in [6.45, 7) is 3.09. The van der Waals surface area contributed by atoms with E-state index in [0.717, 1.165) is 6.54 Å². The van der Waals surface area contributed by atoms with Gasteiger partial charge in [-0.2, -0.15) is 0 Å². The molecule has 0 aliphatic rings. The van der Waals surface area contributed by atoms with Crippen molar-refractivity contribution >= 4 is 0 Å². The Labute approximate surface area is 61.8 Å². The Balaban J connectivity index is 2.72. The van der Waals surface area contributed by atoms with E-state index < -0.39 is 0 Å². The average Bonchev–Trinajstić information content (AvgIpc) is 1.81. The number of hydrogen-bond donors (Lipinski definition) is 1. The van der Waals surface area contributed by atoms with Gasteiger partial charge in [-0.1, -0.05) is 0 Å². The van der Waals surface area contributed by atoms with Crippen LogP contribution in [0.15, 0.2) is 12.2 Å². The Morgan fingerprint density at radius 3 is 2.88 bits per heavy atom. The van der Waals surface area contributed by atoms with Gasteiger partial charge in [0.2, 0.25) is 0 Å². The van der Waals surface area contributed by atoms with Gasteiger partial charge < -0.3 is 0 Å². The Hall–Kier alpha value is 0.430. The van der Waals surface area contributed by atoms with Crippen molar-refractivity contribution in [3.05, 3.63) is 12.2 Å². The van der Waals surface area contributed by atoms with Gasteiger partial charge in [0.25, 0.3) is 0 Å². The molecule has 0 heterocycles. The number of allylic oxidation sites excluding steroid dienone is 1. The van der Waals surface area contributed by atoms with Crippen molar-refractivity contribution in [2.24, 2.45) is 0 Å². The zero-order valence-electron chi connectivity index (χ0n) is 5.45. The molecule has 0 atom stereocenters. The fraction of sp³-hybridized carbons (Fsp3) is 0.667. The fourth-order valence-electron chi connectivity index (χ4n) is 0.350. The van der Waals surface area contributed by atoms with Gasteiger partial charge in [-0.05, 0) is 0 Å². The topological polar surface area (TPSA) is 12.0 Å². The molecule has 0 unspecified atom stereocenters. The van der Waals surface area contributed by atoms with Crippen LogP contribution in [-0.2, 0) is 0 Å². The molecule has 2 heteroatoms. The minimum absolute atomic E-state index is 0.445. The molecule has 0 radical (unpaired) electrons. The van der Waals surface area contributed by atoms with Crippen molar-refractivity contribution < 1.29 is 21.2 Å². The third-order valence-electron chi connectivity index (χ3n) is 0.726. The predicted molar refractivity (Wildman–Crippen MR) is 33.6 cm³/mol. The molecule has 0 amide bonds. The molecule has 0 aromatic rings. The van der Waals surface area contributed by atoms with Crippen LogP contribution in [-0.4, -0.2) is 16.0 Å². The molecule has 0 spiro atoms. The molecule has 0 saturated carbocycles. The minimum atomic E-state index is 0.445. The number of alkyl halides is 2. The van der Waals surface area contributed by atoms with Gasteiger partial charge in [-0.25, -0.2) is 0 Å². The van der Waals surface area contributed by atoms with Gasteiger partial charge >= 0.3 is 61.6 Å². The quantitative estimate of drug-likeness (QED) is 0.189. The van der Waals surface area contributed by atoms with Crippen LogP contribution >= 0.6 is 0 Å². The second-order valence-electron chi connectivity index (χ2n) is 1.42. The van der Waals surface area contributed by atoms with E-state index in [1.165, 1.54) is 4.55 Å². The molecule has 50 valence electrons. The Morgan fingerprint density at radius 2 is 2.38 bits per heavy atom. The van der Waals surface area contributed by atoms with E-state index in [4.69, 9.17) is 0 Å². The summed E-state index contributed by atoms with van der Waals surface area (Å²) in [4.78, 5) is 2.28. The van der Waals surface area contributed by atoms with Crippen LogP contribution in [0.4, 0.5) is 0 Å². The van der Waals surface area contributed by atoms with E-state index in [2.05, 4.69) is 22.4 Å². The van der Waals surface area contributed by atoms with E-state index in [0.29, 0.717) is 21.2 Å². The van der Waals surface area contributed by atoms with Crippen molar-refractivity contribution in [2.45, 2.75) is 6.92 Å². The van der Waals surface area contributed by atoms with Crippen LogP contribution in [0.25, 0.3) is 0 Å². The van der Waals surface area contributed by atoms with Crippen LogP contribution in [0.3, 0.4) is 0 Å². The summed E-state index contributed by atoms with van der Waals surface area (Å²) in [5.41, 5.74) is 0. The Bertz CT molecular complexity index is 61.5. The summed E-state index contributed by atoms with van der Waals surface area (Å²) < 4.78 is 1.24. The van der Waals surface area contributed by atoms with Gasteiger partial charge in [-0.3, -0.25) is 0 Å². The first kappa shape index (κ1) is 8.43. The summed E-state index contributed by atoms with van der Waals surface area (Å²) in [7, 11) is 0. The Kier molecular flexibility index (Phi) is 7.83. The first-order valence-electron chi connectivity index (χ1n) is 2.67. The maximum atomic E-state index is 3.30. The summed E-state index contributed by atoms with van der Waals surface area (Å²) >= 11 is 0.445. The van der Waals surface area contributed by atoms with Crippen molar-refractivity contribution in [1.29, 1.82) is 0 Å². The van der Waals surface area contributed by atoms with Gasteiger partial charge in [0, 0.05) is 0 Å². The van der Waals surface area contributed by atoms with E-state index in [1.807, 2.05) is 6.92 Å². The molecule has 0 saturated heterocycles. The zero-order chi connectivity index (χ0) is 6.24. The van der Waals surface area contributed by atoms with E-state index in [1.54, 1.807) is 0 Å². The average molecular weight is 226 g/mol. The van der Waals surface area contributed by atoms with E-state index in [-0.39, 0.29) is 0 Å². The van der Waals surface area contributed by atoms with Gasteiger partial charge in [0.15, 0.2) is 0 Å². The molecule has 0 fully saturated rings. The van der Waals surface area contributed by atoms with Crippen molar-refractivity contribution in [3.63, 3.8) is 0 Å². The van der Waals surface area contributed by atoms with Crippen LogP contribution in [0, 0.1) is 0 Å². The van der Waals surface area contributed by atoms with Crippen LogP contribution < -0.4 is 26.5 Å². The maximum absolute atomic E-state index is 3.30. The third kappa shape index (κ3) is 6.43. The molecule has 0 aliphatic carbocycles. The zero-order valence-corrected chi connectivity index (χ0v) is 7.60. The number of hydrogen-bond acceptors (Lipinski definition) is 1. The summed E-state index contributed by atoms with van der Waals surface area (Å²) in [5, 5.41) is 3.30. The summed E-state index contributed by atoms with van der Waals surface area (Å²) in [6.07, 6.45) is 4.21. The monoisotopic (exact) mass is 226 g/mol.